The molecule has 1 amide bonds. The largest absolute Gasteiger partial charge is 0.477 e. The molecule has 2 rings (SSSR count). The van der Waals surface area contributed by atoms with Crippen molar-refractivity contribution < 1.29 is 27.9 Å². The third kappa shape index (κ3) is 3.04. The quantitative estimate of drug-likeness (QED) is 0.916. The molecule has 0 saturated carbocycles. The molecule has 0 atom stereocenters. The summed E-state index contributed by atoms with van der Waals surface area (Å²) >= 11 is 2.20. The van der Waals surface area contributed by atoms with E-state index in [1.165, 1.54) is 6.07 Å². The molecule has 0 aliphatic heterocycles. The number of hydrogen-bond donors (Lipinski definition) is 2. The number of nitrogens with one attached hydrogen (secondary N) is 1. The minimum atomic E-state index is -4.90. The molecule has 2 N–H and O–H groups in total. The van der Waals surface area contributed by atoms with E-state index in [1.807, 2.05) is 0 Å². The van der Waals surface area contributed by atoms with Crippen molar-refractivity contribution in [1.29, 1.82) is 0 Å². The van der Waals surface area contributed by atoms with E-state index in [-0.39, 0.29) is 11.4 Å². The summed E-state index contributed by atoms with van der Waals surface area (Å²) in [5.41, 5.74) is 0. The Balaban J connectivity index is 2.08. The summed E-state index contributed by atoms with van der Waals surface area (Å²) < 4.78 is 37.3. The van der Waals surface area contributed by atoms with E-state index >= 15 is 0 Å². The maximum Gasteiger partial charge on any atom is 0.471 e. The summed E-state index contributed by atoms with van der Waals surface area (Å²) in [4.78, 5) is 22.1. The lowest BCUT2D eigenvalue weighted by molar-refractivity contribution is -0.173. The van der Waals surface area contributed by atoms with Crippen molar-refractivity contribution in [2.45, 2.75) is 12.7 Å². The van der Waals surface area contributed by atoms with Crippen molar-refractivity contribution in [1.82, 2.24) is 5.32 Å². The topological polar surface area (TPSA) is 66.4 Å². The standard InChI is InChI=1S/C10H6F3NO3S2/c11-10(12,13)9(17)14-3-4-1-5-6(18-4)2-7(19-5)8(15)16/h1-2H,3H2,(H,14,17)(H,15,16). The van der Waals surface area contributed by atoms with Gasteiger partial charge in [0, 0.05) is 14.3 Å². The van der Waals surface area contributed by atoms with Gasteiger partial charge >= 0.3 is 18.1 Å². The Hall–Kier alpha value is -1.61. The number of fused-ring (bicyclic) bond motifs is 1. The van der Waals surface area contributed by atoms with Gasteiger partial charge in [-0.2, -0.15) is 13.2 Å². The molecular formula is C10H6F3NO3S2. The number of carboxylic acid groups (broad SMARTS) is 1. The molecule has 0 radical (unpaired) electrons. The lowest BCUT2D eigenvalue weighted by Crippen LogP contribution is -2.36. The van der Waals surface area contributed by atoms with Gasteiger partial charge in [0.15, 0.2) is 0 Å². The van der Waals surface area contributed by atoms with Crippen LogP contribution in [-0.4, -0.2) is 23.2 Å². The SMILES string of the molecule is O=C(O)c1cc2sc(CNC(=O)C(F)(F)F)cc2s1. The molecule has 19 heavy (non-hydrogen) atoms. The minimum absolute atomic E-state index is 0.173. The number of hydrogen-bond acceptors (Lipinski definition) is 4. The minimum Gasteiger partial charge on any atom is -0.477 e. The number of carboxylic acids is 1. The number of thiophene rings is 2. The van der Waals surface area contributed by atoms with Crippen molar-refractivity contribution in [3.63, 3.8) is 0 Å². The van der Waals surface area contributed by atoms with Gasteiger partial charge in [-0.15, -0.1) is 22.7 Å². The lowest BCUT2D eigenvalue weighted by Gasteiger charge is -2.05. The average molecular weight is 309 g/mol. The fourth-order valence-electron chi connectivity index (χ4n) is 1.35. The number of carbonyl (C=O) groups excluding carboxylic acids is 1. The Labute approximate surface area is 112 Å². The van der Waals surface area contributed by atoms with Crippen LogP contribution in [0.4, 0.5) is 13.2 Å². The molecule has 2 aromatic heterocycles. The van der Waals surface area contributed by atoms with E-state index in [0.29, 0.717) is 14.3 Å². The number of rotatable bonds is 3. The third-order valence-electron chi connectivity index (χ3n) is 2.15. The van der Waals surface area contributed by atoms with Gasteiger partial charge in [-0.25, -0.2) is 4.79 Å². The summed E-state index contributed by atoms with van der Waals surface area (Å²) in [6.45, 7) is -0.229. The molecule has 0 saturated heterocycles. The molecule has 0 unspecified atom stereocenters. The smallest absolute Gasteiger partial charge is 0.471 e. The number of carbonyl (C=O) groups is 2. The molecule has 2 heterocycles. The molecule has 4 nitrogen and oxygen atoms in total. The molecule has 0 aliphatic carbocycles. The van der Waals surface area contributed by atoms with Crippen molar-refractivity contribution >= 4 is 43.9 Å². The van der Waals surface area contributed by atoms with Gasteiger partial charge in [0.25, 0.3) is 0 Å². The van der Waals surface area contributed by atoms with Crippen LogP contribution in [0.5, 0.6) is 0 Å². The summed E-state index contributed by atoms with van der Waals surface area (Å²) in [7, 11) is 0. The second kappa shape index (κ2) is 4.82. The van der Waals surface area contributed by atoms with Crippen molar-refractivity contribution in [2.75, 3.05) is 0 Å². The maximum absolute atomic E-state index is 12.0. The summed E-state index contributed by atoms with van der Waals surface area (Å²) in [5, 5.41) is 10.5. The molecule has 0 aliphatic rings. The first-order valence-electron chi connectivity index (χ1n) is 4.88. The first-order valence-corrected chi connectivity index (χ1v) is 6.51. The normalized spacial score (nSPS) is 11.7. The molecule has 102 valence electrons. The zero-order chi connectivity index (χ0) is 14.2. The molecule has 0 fully saturated rings. The van der Waals surface area contributed by atoms with Gasteiger partial charge < -0.3 is 10.4 Å². The number of aromatic carboxylic acids is 1. The van der Waals surface area contributed by atoms with Gasteiger partial charge in [0.05, 0.1) is 6.54 Å². The molecule has 0 bridgehead atoms. The van der Waals surface area contributed by atoms with Crippen LogP contribution in [0.25, 0.3) is 9.40 Å². The Morgan fingerprint density at radius 3 is 2.37 bits per heavy atom. The predicted molar refractivity (Wildman–Crippen MR) is 64.6 cm³/mol. The Morgan fingerprint density at radius 2 is 1.84 bits per heavy atom. The predicted octanol–water partition coefficient (Wildman–Crippen LogP) is 2.84. The summed E-state index contributed by atoms with van der Waals surface area (Å²) in [6, 6.07) is 3.04. The number of amides is 1. The van der Waals surface area contributed by atoms with Gasteiger partial charge in [-0.05, 0) is 12.1 Å². The van der Waals surface area contributed by atoms with E-state index in [2.05, 4.69) is 0 Å². The van der Waals surface area contributed by atoms with Gasteiger partial charge in [-0.3, -0.25) is 4.79 Å². The van der Waals surface area contributed by atoms with Crippen LogP contribution >= 0.6 is 22.7 Å². The highest BCUT2D eigenvalue weighted by Crippen LogP contribution is 2.33. The van der Waals surface area contributed by atoms with E-state index < -0.39 is 18.1 Å². The second-order valence-electron chi connectivity index (χ2n) is 3.54. The molecule has 0 spiro atoms. The monoisotopic (exact) mass is 309 g/mol. The average Bonchev–Trinajstić information content (AvgIpc) is 2.81. The highest BCUT2D eigenvalue weighted by molar-refractivity contribution is 7.28. The van der Waals surface area contributed by atoms with Crippen molar-refractivity contribution in [3.8, 4) is 0 Å². The van der Waals surface area contributed by atoms with Crippen molar-refractivity contribution in [3.05, 3.63) is 21.9 Å². The lowest BCUT2D eigenvalue weighted by atomic mass is 10.4. The van der Waals surface area contributed by atoms with E-state index in [4.69, 9.17) is 5.11 Å². The zero-order valence-electron chi connectivity index (χ0n) is 9.08. The fraction of sp³-hybridized carbons (Fsp3) is 0.200. The zero-order valence-corrected chi connectivity index (χ0v) is 10.7. The third-order valence-corrected chi connectivity index (χ3v) is 4.43. The Bertz CT molecular complexity index is 613. The van der Waals surface area contributed by atoms with Crippen LogP contribution in [0.15, 0.2) is 12.1 Å². The first-order chi connectivity index (χ1) is 8.77. The van der Waals surface area contributed by atoms with E-state index in [1.54, 1.807) is 11.4 Å². The van der Waals surface area contributed by atoms with Gasteiger partial charge in [0.2, 0.25) is 0 Å². The van der Waals surface area contributed by atoms with Gasteiger partial charge in [-0.1, -0.05) is 0 Å². The van der Waals surface area contributed by atoms with E-state index in [9.17, 15) is 22.8 Å². The highest BCUT2D eigenvalue weighted by Gasteiger charge is 2.38. The molecule has 2 aromatic rings. The number of halogens is 3. The van der Waals surface area contributed by atoms with Crippen LogP contribution in [0.1, 0.15) is 14.5 Å². The van der Waals surface area contributed by atoms with Crippen LogP contribution in [0.3, 0.4) is 0 Å². The maximum atomic E-state index is 12.0. The highest BCUT2D eigenvalue weighted by atomic mass is 32.1. The van der Waals surface area contributed by atoms with Crippen LogP contribution in [0, 0.1) is 0 Å². The van der Waals surface area contributed by atoms with Crippen molar-refractivity contribution in [2.24, 2.45) is 0 Å². The molecule has 0 aromatic carbocycles. The van der Waals surface area contributed by atoms with E-state index in [0.717, 1.165) is 22.7 Å². The fourth-order valence-corrected chi connectivity index (χ4v) is 3.55. The molecular weight excluding hydrogens is 303 g/mol. The van der Waals surface area contributed by atoms with Crippen LogP contribution in [-0.2, 0) is 11.3 Å². The molecule has 9 heteroatoms. The second-order valence-corrected chi connectivity index (χ2v) is 5.79. The Kier molecular flexibility index (Phi) is 3.50. The first kappa shape index (κ1) is 13.8. The summed E-state index contributed by atoms with van der Waals surface area (Å²) in [6.07, 6.45) is -4.90. The summed E-state index contributed by atoms with van der Waals surface area (Å²) in [5.74, 6) is -3.03. The number of alkyl halides is 3. The van der Waals surface area contributed by atoms with Crippen LogP contribution < -0.4 is 5.32 Å². The van der Waals surface area contributed by atoms with Crippen LogP contribution in [0.2, 0.25) is 0 Å². The van der Waals surface area contributed by atoms with Gasteiger partial charge in [0.1, 0.15) is 4.88 Å². The Morgan fingerprint density at radius 1 is 1.21 bits per heavy atom.